The van der Waals surface area contributed by atoms with Gasteiger partial charge in [-0.25, -0.2) is 4.39 Å². The van der Waals surface area contributed by atoms with E-state index in [1.54, 1.807) is 32.4 Å². The Morgan fingerprint density at radius 1 is 1.20 bits per heavy atom. The van der Waals surface area contributed by atoms with Crippen LogP contribution in [0.15, 0.2) is 24.3 Å². The highest BCUT2D eigenvalue weighted by Crippen LogP contribution is 2.25. The van der Waals surface area contributed by atoms with E-state index in [2.05, 4.69) is 5.32 Å². The SMILES string of the molecule is Cc1c(C(=O)N[C@H](C(=O)C(C(=O)O)C(N)C(=O)CF)C(C)C)n(C)c2ccccc12. The van der Waals surface area contributed by atoms with E-state index in [-0.39, 0.29) is 0 Å². The molecule has 9 heteroatoms. The van der Waals surface area contributed by atoms with Gasteiger partial charge in [0.25, 0.3) is 5.91 Å². The number of halogens is 1. The van der Waals surface area contributed by atoms with E-state index < -0.39 is 54.0 Å². The average molecular weight is 419 g/mol. The second-order valence-corrected chi connectivity index (χ2v) is 7.59. The third-order valence-corrected chi connectivity index (χ3v) is 5.27. The first kappa shape index (κ1) is 23.2. The topological polar surface area (TPSA) is 131 Å². The Bertz CT molecular complexity index is 959. The summed E-state index contributed by atoms with van der Waals surface area (Å²) in [4.78, 5) is 49.2. The summed E-state index contributed by atoms with van der Waals surface area (Å²) in [5.41, 5.74) is 7.40. The minimum Gasteiger partial charge on any atom is -0.481 e. The number of carboxylic acids is 1. The summed E-state index contributed by atoms with van der Waals surface area (Å²) >= 11 is 0. The minimum absolute atomic E-state index is 0.325. The molecule has 2 aromatic rings. The van der Waals surface area contributed by atoms with Crippen molar-refractivity contribution in [2.75, 3.05) is 6.67 Å². The van der Waals surface area contributed by atoms with Crippen LogP contribution in [0.2, 0.25) is 0 Å². The number of fused-ring (bicyclic) bond motifs is 1. The fourth-order valence-electron chi connectivity index (χ4n) is 3.60. The van der Waals surface area contributed by atoms with Crippen molar-refractivity contribution < 1.29 is 28.7 Å². The normalized spacial score (nSPS) is 14.4. The van der Waals surface area contributed by atoms with Crippen LogP contribution in [0, 0.1) is 18.8 Å². The smallest absolute Gasteiger partial charge is 0.316 e. The fourth-order valence-corrected chi connectivity index (χ4v) is 3.60. The number of ketones is 2. The summed E-state index contributed by atoms with van der Waals surface area (Å²) in [7, 11) is 1.71. The zero-order chi connectivity index (χ0) is 22.7. The Morgan fingerprint density at radius 2 is 1.80 bits per heavy atom. The van der Waals surface area contributed by atoms with Crippen molar-refractivity contribution in [3.63, 3.8) is 0 Å². The molecule has 0 saturated heterocycles. The number of amides is 1. The van der Waals surface area contributed by atoms with Crippen LogP contribution in [0.4, 0.5) is 4.39 Å². The molecule has 0 fully saturated rings. The number of hydrogen-bond donors (Lipinski definition) is 3. The van der Waals surface area contributed by atoms with Crippen molar-refractivity contribution in [2.45, 2.75) is 32.9 Å². The first-order valence-electron chi connectivity index (χ1n) is 9.48. The highest BCUT2D eigenvalue weighted by molar-refractivity contribution is 6.09. The summed E-state index contributed by atoms with van der Waals surface area (Å²) in [5.74, 6) is -6.80. The van der Waals surface area contributed by atoms with E-state index in [9.17, 15) is 28.7 Å². The molecule has 0 spiro atoms. The molecule has 0 saturated carbocycles. The lowest BCUT2D eigenvalue weighted by molar-refractivity contribution is -0.150. The number of para-hydroxylation sites is 1. The zero-order valence-corrected chi connectivity index (χ0v) is 17.3. The van der Waals surface area contributed by atoms with Crippen LogP contribution in [0.1, 0.15) is 29.9 Å². The number of carbonyl (C=O) groups is 4. The van der Waals surface area contributed by atoms with E-state index >= 15 is 0 Å². The quantitative estimate of drug-likeness (QED) is 0.526. The number of aromatic nitrogens is 1. The second-order valence-electron chi connectivity index (χ2n) is 7.59. The monoisotopic (exact) mass is 419 g/mol. The lowest BCUT2D eigenvalue weighted by Gasteiger charge is -2.26. The van der Waals surface area contributed by atoms with Gasteiger partial charge in [0.1, 0.15) is 18.3 Å². The number of aliphatic carboxylic acids is 1. The standard InChI is InChI=1S/C21H26FN3O5/c1-10(2)17(19(27)15(21(29)30)16(23)14(26)9-22)24-20(28)18-11(3)12-7-5-6-8-13(12)25(18)4/h5-8,10,15-17H,9,23H2,1-4H3,(H,24,28)(H,29,30)/t15?,16?,17-/m0/s1. The van der Waals surface area contributed by atoms with Crippen LogP contribution < -0.4 is 11.1 Å². The van der Waals surface area contributed by atoms with Crippen molar-refractivity contribution >= 4 is 34.3 Å². The Hall–Kier alpha value is -3.07. The number of nitrogens with zero attached hydrogens (tertiary/aromatic N) is 1. The molecular formula is C21H26FN3O5. The molecule has 0 aliphatic rings. The van der Waals surface area contributed by atoms with Gasteiger partial charge in [0, 0.05) is 18.0 Å². The molecule has 30 heavy (non-hydrogen) atoms. The lowest BCUT2D eigenvalue weighted by atomic mass is 9.85. The van der Waals surface area contributed by atoms with Gasteiger partial charge in [-0.1, -0.05) is 32.0 Å². The molecule has 8 nitrogen and oxygen atoms in total. The molecule has 2 rings (SSSR count). The van der Waals surface area contributed by atoms with E-state index in [4.69, 9.17) is 5.73 Å². The molecule has 1 heterocycles. The number of benzene rings is 1. The van der Waals surface area contributed by atoms with Gasteiger partial charge < -0.3 is 20.7 Å². The van der Waals surface area contributed by atoms with Gasteiger partial charge in [-0.3, -0.25) is 19.2 Å². The lowest BCUT2D eigenvalue weighted by Crippen LogP contribution is -2.55. The summed E-state index contributed by atoms with van der Waals surface area (Å²) in [5, 5.41) is 12.9. The Morgan fingerprint density at radius 3 is 2.30 bits per heavy atom. The van der Waals surface area contributed by atoms with E-state index in [1.807, 2.05) is 24.3 Å². The van der Waals surface area contributed by atoms with Crippen molar-refractivity contribution in [3.8, 4) is 0 Å². The molecule has 162 valence electrons. The number of alkyl halides is 1. The Balaban J connectivity index is 2.40. The zero-order valence-electron chi connectivity index (χ0n) is 17.3. The molecule has 0 aliphatic heterocycles. The van der Waals surface area contributed by atoms with Crippen molar-refractivity contribution in [1.82, 2.24) is 9.88 Å². The van der Waals surface area contributed by atoms with E-state index in [1.165, 1.54) is 0 Å². The summed E-state index contributed by atoms with van der Waals surface area (Å²) in [6.45, 7) is 3.54. The molecule has 1 aromatic heterocycles. The number of nitrogens with one attached hydrogen (secondary N) is 1. The number of carbonyl (C=O) groups excluding carboxylic acids is 3. The van der Waals surface area contributed by atoms with Crippen LogP contribution in [0.25, 0.3) is 10.9 Å². The van der Waals surface area contributed by atoms with Crippen molar-refractivity contribution in [2.24, 2.45) is 24.6 Å². The van der Waals surface area contributed by atoms with Crippen molar-refractivity contribution in [1.29, 1.82) is 0 Å². The van der Waals surface area contributed by atoms with Crippen LogP contribution in [-0.4, -0.2) is 51.9 Å². The van der Waals surface area contributed by atoms with Crippen LogP contribution >= 0.6 is 0 Å². The van der Waals surface area contributed by atoms with Crippen LogP contribution in [-0.2, 0) is 21.4 Å². The van der Waals surface area contributed by atoms with Gasteiger partial charge in [0.05, 0.1) is 12.1 Å². The summed E-state index contributed by atoms with van der Waals surface area (Å²) in [6.07, 6.45) is 0. The Labute approximate surface area is 173 Å². The third-order valence-electron chi connectivity index (χ3n) is 5.27. The number of hydrogen-bond acceptors (Lipinski definition) is 5. The predicted octanol–water partition coefficient (Wildman–Crippen LogP) is 1.38. The first-order valence-corrected chi connectivity index (χ1v) is 9.48. The number of carboxylic acid groups (broad SMARTS) is 1. The van der Waals surface area contributed by atoms with Crippen molar-refractivity contribution in [3.05, 3.63) is 35.5 Å². The number of nitrogens with two attached hydrogens (primary N) is 1. The number of aryl methyl sites for hydroxylation is 2. The molecule has 1 aromatic carbocycles. The van der Waals surface area contributed by atoms with Gasteiger partial charge in [0.15, 0.2) is 11.6 Å². The first-order chi connectivity index (χ1) is 14.0. The molecule has 2 unspecified atom stereocenters. The Kier molecular flexibility index (Phi) is 7.09. The van der Waals surface area contributed by atoms with Gasteiger partial charge in [-0.2, -0.15) is 0 Å². The van der Waals surface area contributed by atoms with Gasteiger partial charge in [-0.05, 0) is 24.5 Å². The third kappa shape index (κ3) is 4.25. The highest BCUT2D eigenvalue weighted by Gasteiger charge is 2.41. The highest BCUT2D eigenvalue weighted by atomic mass is 19.1. The van der Waals surface area contributed by atoms with Crippen LogP contribution in [0.5, 0.6) is 0 Å². The average Bonchev–Trinajstić information content (AvgIpc) is 2.95. The summed E-state index contributed by atoms with van der Waals surface area (Å²) in [6, 6.07) is 4.34. The maximum Gasteiger partial charge on any atom is 0.316 e. The van der Waals surface area contributed by atoms with E-state index in [0.717, 1.165) is 10.9 Å². The molecule has 0 bridgehead atoms. The van der Waals surface area contributed by atoms with Gasteiger partial charge in [0.2, 0.25) is 0 Å². The van der Waals surface area contributed by atoms with Crippen LogP contribution in [0.3, 0.4) is 0 Å². The number of Topliss-reactive ketones (excluding diaryl/α,β-unsaturated/α-hetero) is 2. The minimum atomic E-state index is -1.96. The number of rotatable bonds is 9. The second kappa shape index (κ2) is 9.17. The largest absolute Gasteiger partial charge is 0.481 e. The molecule has 0 aliphatic carbocycles. The molecule has 1 amide bonds. The van der Waals surface area contributed by atoms with Gasteiger partial charge >= 0.3 is 5.97 Å². The fraction of sp³-hybridized carbons (Fsp3) is 0.429. The van der Waals surface area contributed by atoms with Gasteiger partial charge in [-0.15, -0.1) is 0 Å². The molecule has 3 atom stereocenters. The maximum atomic E-state index is 13.0. The predicted molar refractivity (Wildman–Crippen MR) is 109 cm³/mol. The molecular weight excluding hydrogens is 393 g/mol. The maximum absolute atomic E-state index is 13.0. The summed E-state index contributed by atoms with van der Waals surface area (Å²) < 4.78 is 14.4. The molecule has 0 radical (unpaired) electrons. The molecule has 4 N–H and O–H groups in total. The van der Waals surface area contributed by atoms with E-state index in [0.29, 0.717) is 11.3 Å².